The summed E-state index contributed by atoms with van der Waals surface area (Å²) in [6.45, 7) is 6.17. The van der Waals surface area contributed by atoms with Crippen molar-refractivity contribution in [2.45, 2.75) is 150 Å². The summed E-state index contributed by atoms with van der Waals surface area (Å²) in [4.78, 5) is 18.2. The smallest absolute Gasteiger partial charge is 0.171 e. The van der Waals surface area contributed by atoms with Crippen LogP contribution in [-0.4, -0.2) is 89.7 Å². The average molecular weight is 763 g/mol. The van der Waals surface area contributed by atoms with Crippen LogP contribution in [0.3, 0.4) is 0 Å². The molecule has 13 atom stereocenters. The third-order valence-corrected chi connectivity index (χ3v) is 15.0. The van der Waals surface area contributed by atoms with Crippen molar-refractivity contribution in [3.05, 3.63) is 82.4 Å². The number of quaternary nitrogens is 1. The van der Waals surface area contributed by atoms with Gasteiger partial charge in [0.25, 0.3) is 0 Å². The number of carbonyl (C=O) groups excluding carboxylic acids is 1. The minimum atomic E-state index is -1.45. The molecule has 56 heavy (non-hydrogen) atoms. The summed E-state index contributed by atoms with van der Waals surface area (Å²) in [5.74, 6) is 0.0331. The second-order valence-electron chi connectivity index (χ2n) is 19.1. The molecule has 2 saturated heterocycles. The average Bonchev–Trinajstić information content (AvgIpc) is 3.70. The molecule has 2 aliphatic carbocycles. The van der Waals surface area contributed by atoms with Gasteiger partial charge in [0, 0.05) is 48.9 Å². The van der Waals surface area contributed by atoms with E-state index >= 15 is 0 Å². The number of aliphatic hydroxyl groups is 2. The molecule has 3 aromatic carbocycles. The van der Waals surface area contributed by atoms with Gasteiger partial charge in [-0.1, -0.05) is 54.6 Å². The van der Waals surface area contributed by atoms with E-state index in [0.29, 0.717) is 43.2 Å². The number of nitrogens with one attached hydrogen (secondary N) is 4. The number of carbonyl (C=O) groups is 1. The highest BCUT2D eigenvalue weighted by Crippen LogP contribution is 2.56. The highest BCUT2D eigenvalue weighted by Gasteiger charge is 2.45. The molecule has 300 valence electrons. The number of aliphatic imine (C=N–C) groups is 1. The van der Waals surface area contributed by atoms with Crippen LogP contribution in [0.15, 0.2) is 59.6 Å². The topological polar surface area (TPSA) is 159 Å². The Balaban J connectivity index is 1.13. The molecule has 10 bridgehead atoms. The molecule has 0 saturated carbocycles. The number of hydrogen-bond donors (Lipinski definition) is 7. The standard InChI is InChI=1S/C46H62N6O4/c1-27-39(53)21-38(52-16-15-48-26-52)37(50-27)12-10-32-20-33-19-30-13-14-46(56,24-41(54)55)25-49-45(2)22-34(51-40(47)23-45)18-28-5-3-7-31(17-28)42(32)36-11-9-29-6-4-8-35(30)43(29)44(33)36/h3-9,11,15,17,27,30,32-34,37-40,42,49-51,53,56H,10,12-14,16,18-26,47H2,1-2H3,(H,54,55)/t27-,30+,32-,33-,34-,37-,38+,39-,40+,42+,45-,46-/m1/s1. The summed E-state index contributed by atoms with van der Waals surface area (Å²) in [5, 5.41) is 49.1. The van der Waals surface area contributed by atoms with Crippen LogP contribution in [0.1, 0.15) is 124 Å². The number of aliphatic carboxylic acids is 1. The van der Waals surface area contributed by atoms with Crippen molar-refractivity contribution in [2.24, 2.45) is 16.6 Å². The van der Waals surface area contributed by atoms with E-state index in [0.717, 1.165) is 58.2 Å². The van der Waals surface area contributed by atoms with E-state index in [4.69, 9.17) is 5.73 Å². The van der Waals surface area contributed by atoms with Crippen LogP contribution in [0.2, 0.25) is 0 Å². The Labute approximate surface area is 331 Å². The van der Waals surface area contributed by atoms with Crippen LogP contribution in [0, 0.1) is 5.92 Å². The minimum absolute atomic E-state index is 0.0589. The monoisotopic (exact) mass is 762 g/mol. The lowest BCUT2D eigenvalue weighted by Crippen LogP contribution is -3.16. The Bertz CT molecular complexity index is 1960. The number of benzene rings is 3. The molecular formula is C46H62N6O4. The first-order chi connectivity index (χ1) is 26.9. The SMILES string of the molecule is C[C@H]1N[C@H](CC[C@@H]2C[C@H]3C[C@@H]4CC[C@@](O)(CC(=O)[O-])CN[C@]5(C)C[C@@H](Cc6cccc(c6)[C@@H]2c2ccc6cccc4c6c23)N[C@H](N)C5)[C@@H]([NH+]2CC=NC2)C[C@H]1O. The molecule has 6 heterocycles. The molecule has 6 aliphatic heterocycles. The van der Waals surface area contributed by atoms with E-state index in [-0.39, 0.29) is 48.3 Å². The number of rotatable bonds is 6. The van der Waals surface area contributed by atoms with Gasteiger partial charge in [0.05, 0.1) is 30.1 Å². The maximum absolute atomic E-state index is 12.2. The van der Waals surface area contributed by atoms with E-state index < -0.39 is 18.0 Å². The molecular weight excluding hydrogens is 701 g/mol. The number of nitrogens with zero attached hydrogens (tertiary/aromatic N) is 1. The minimum Gasteiger partial charge on any atom is -0.550 e. The Hall–Kier alpha value is -3.22. The fraction of sp³-hybridized carbons (Fsp3) is 0.609. The molecule has 8 aliphatic rings. The molecule has 10 heteroatoms. The van der Waals surface area contributed by atoms with Crippen LogP contribution >= 0.6 is 0 Å². The Morgan fingerprint density at radius 3 is 2.71 bits per heavy atom. The second kappa shape index (κ2) is 15.2. The maximum atomic E-state index is 12.2. The molecule has 2 fully saturated rings. The number of aliphatic hydroxyl groups excluding tert-OH is 1. The van der Waals surface area contributed by atoms with Gasteiger partial charge in [-0.2, -0.15) is 0 Å². The molecule has 0 aromatic heterocycles. The van der Waals surface area contributed by atoms with Gasteiger partial charge in [-0.25, -0.2) is 4.99 Å². The van der Waals surface area contributed by atoms with Gasteiger partial charge >= 0.3 is 0 Å². The number of β-amino-alcohol motifs (C(OH)–C–C–N with tert-alkyl or cyclic N) is 1. The predicted molar refractivity (Wildman–Crippen MR) is 218 cm³/mol. The maximum Gasteiger partial charge on any atom is 0.171 e. The molecule has 8 N–H and O–H groups in total. The summed E-state index contributed by atoms with van der Waals surface area (Å²) in [5.41, 5.74) is 11.8. The Kier molecular flexibility index (Phi) is 10.4. The van der Waals surface area contributed by atoms with Crippen molar-refractivity contribution in [2.75, 3.05) is 19.8 Å². The van der Waals surface area contributed by atoms with Gasteiger partial charge < -0.3 is 41.4 Å². The molecule has 10 nitrogen and oxygen atoms in total. The lowest BCUT2D eigenvalue weighted by Gasteiger charge is -2.46. The summed E-state index contributed by atoms with van der Waals surface area (Å²) in [7, 11) is 0. The summed E-state index contributed by atoms with van der Waals surface area (Å²) in [6, 6.07) is 21.6. The van der Waals surface area contributed by atoms with E-state index in [2.05, 4.69) is 89.4 Å². The quantitative estimate of drug-likeness (QED) is 0.202. The van der Waals surface area contributed by atoms with Crippen molar-refractivity contribution in [3.63, 3.8) is 0 Å². The second-order valence-corrected chi connectivity index (χ2v) is 19.1. The predicted octanol–water partition coefficient (Wildman–Crippen LogP) is 2.34. The highest BCUT2D eigenvalue weighted by molar-refractivity contribution is 5.92. The number of fused-ring (bicyclic) bond motifs is 1. The molecule has 1 unspecified atom stereocenters. The zero-order chi connectivity index (χ0) is 38.8. The number of hydrogen-bond acceptors (Lipinski definition) is 9. The van der Waals surface area contributed by atoms with Gasteiger partial charge in [-0.15, -0.1) is 0 Å². The Morgan fingerprint density at radius 1 is 1.04 bits per heavy atom. The van der Waals surface area contributed by atoms with Crippen LogP contribution in [0.5, 0.6) is 0 Å². The molecule has 0 amide bonds. The van der Waals surface area contributed by atoms with Crippen molar-refractivity contribution in [1.29, 1.82) is 0 Å². The van der Waals surface area contributed by atoms with E-state index in [1.165, 1.54) is 43.5 Å². The third kappa shape index (κ3) is 7.47. The van der Waals surface area contributed by atoms with Crippen molar-refractivity contribution >= 4 is 23.0 Å². The molecule has 0 spiro atoms. The van der Waals surface area contributed by atoms with E-state index in [9.17, 15) is 20.1 Å². The number of piperidine rings is 2. The lowest BCUT2D eigenvalue weighted by atomic mass is 9.60. The fourth-order valence-corrected chi connectivity index (χ4v) is 12.4. The highest BCUT2D eigenvalue weighted by atomic mass is 16.4. The van der Waals surface area contributed by atoms with Crippen molar-refractivity contribution in [3.8, 4) is 0 Å². The normalized spacial score (nSPS) is 39.5. The van der Waals surface area contributed by atoms with E-state index in [1.54, 1.807) is 0 Å². The van der Waals surface area contributed by atoms with Crippen molar-refractivity contribution < 1.29 is 25.0 Å². The summed E-state index contributed by atoms with van der Waals surface area (Å²) >= 11 is 0. The number of nitrogens with two attached hydrogens (primary N) is 1. The zero-order valence-corrected chi connectivity index (χ0v) is 33.2. The van der Waals surface area contributed by atoms with Crippen molar-refractivity contribution in [1.82, 2.24) is 16.0 Å². The molecule has 3 aromatic rings. The van der Waals surface area contributed by atoms with E-state index in [1.807, 2.05) is 6.21 Å². The third-order valence-electron chi connectivity index (χ3n) is 15.0. The largest absolute Gasteiger partial charge is 0.550 e. The first-order valence-corrected chi connectivity index (χ1v) is 21.5. The number of carboxylic acid groups (broad SMARTS) is 1. The number of carboxylic acids is 1. The zero-order valence-electron chi connectivity index (χ0n) is 33.2. The fourth-order valence-electron chi connectivity index (χ4n) is 12.4. The molecule has 0 radical (unpaired) electrons. The van der Waals surface area contributed by atoms with Gasteiger partial charge in [0.1, 0.15) is 12.6 Å². The molecule has 11 rings (SSSR count). The summed E-state index contributed by atoms with van der Waals surface area (Å²) in [6.07, 6.45) is 9.46. The van der Waals surface area contributed by atoms with Crippen LogP contribution < -0.4 is 31.7 Å². The van der Waals surface area contributed by atoms with Crippen LogP contribution in [0.4, 0.5) is 0 Å². The van der Waals surface area contributed by atoms with Gasteiger partial charge in [0.15, 0.2) is 6.67 Å². The van der Waals surface area contributed by atoms with Gasteiger partial charge in [-0.05, 0) is 128 Å². The van der Waals surface area contributed by atoms with Gasteiger partial charge in [0.2, 0.25) is 0 Å². The first-order valence-electron chi connectivity index (χ1n) is 21.5. The van der Waals surface area contributed by atoms with Crippen LogP contribution in [-0.2, 0) is 11.2 Å². The van der Waals surface area contributed by atoms with Crippen LogP contribution in [0.25, 0.3) is 10.8 Å². The lowest BCUT2D eigenvalue weighted by molar-refractivity contribution is -0.914. The first kappa shape index (κ1) is 38.3. The summed E-state index contributed by atoms with van der Waals surface area (Å²) < 4.78 is 0. The Morgan fingerprint density at radius 2 is 1.89 bits per heavy atom. The van der Waals surface area contributed by atoms with Gasteiger partial charge in [-0.3, -0.25) is 5.32 Å².